The molecule has 0 amide bonds. The van der Waals surface area contributed by atoms with E-state index in [0.29, 0.717) is 30.9 Å². The van der Waals surface area contributed by atoms with E-state index in [0.717, 1.165) is 129 Å². The van der Waals surface area contributed by atoms with Gasteiger partial charge in [0.05, 0.1) is 0 Å². The van der Waals surface area contributed by atoms with Crippen LogP contribution in [-0.2, 0) is 14.3 Å². The quantitative estimate of drug-likeness (QED) is 0.0284. The summed E-state index contributed by atoms with van der Waals surface area (Å²) in [4.78, 5) is 44.9. The topological polar surface area (TPSA) is 112 Å². The molecule has 0 aromatic heterocycles. The molecule has 0 aliphatic carbocycles. The van der Waals surface area contributed by atoms with Gasteiger partial charge in [-0.05, 0) is 97.3 Å². The van der Waals surface area contributed by atoms with Gasteiger partial charge in [0, 0.05) is 45.8 Å². The summed E-state index contributed by atoms with van der Waals surface area (Å²) in [6, 6.07) is 0. The first kappa shape index (κ1) is 58.1. The van der Waals surface area contributed by atoms with E-state index in [4.69, 9.17) is 9.47 Å². The number of nitrogens with zero attached hydrogens (tertiary/aromatic N) is 3. The first-order valence-electron chi connectivity index (χ1n) is 27.5. The fourth-order valence-electron chi connectivity index (χ4n) is 9.22. The number of anilines is 2. The van der Waals surface area contributed by atoms with Crippen LogP contribution < -0.4 is 21.1 Å². The van der Waals surface area contributed by atoms with Gasteiger partial charge in [-0.2, -0.15) is 0 Å². The highest BCUT2D eigenvalue weighted by molar-refractivity contribution is 5.75. The van der Waals surface area contributed by atoms with Crippen molar-refractivity contribution < 1.29 is 19.4 Å². The lowest BCUT2D eigenvalue weighted by Crippen LogP contribution is -2.50. The van der Waals surface area contributed by atoms with Crippen molar-refractivity contribution in [3.63, 3.8) is 0 Å². The van der Waals surface area contributed by atoms with E-state index >= 15 is 0 Å². The average molecular weight is 903 g/mol. The third-order valence-corrected chi connectivity index (χ3v) is 13.6. The average Bonchev–Trinajstić information content (AvgIpc) is 3.29. The Bertz CT molecular complexity index is 1280. The van der Waals surface area contributed by atoms with E-state index in [-0.39, 0.29) is 22.9 Å². The highest BCUT2D eigenvalue weighted by Gasteiger charge is 2.27. The summed E-state index contributed by atoms with van der Waals surface area (Å²) in [5.41, 5.74) is 0.404. The molecule has 64 heavy (non-hydrogen) atoms. The second kappa shape index (κ2) is 40.1. The minimum absolute atomic E-state index is 0.00412. The van der Waals surface area contributed by atoms with E-state index in [1.54, 1.807) is 0 Å². The van der Waals surface area contributed by atoms with Gasteiger partial charge in [-0.3, -0.25) is 14.4 Å². The Morgan fingerprint density at radius 2 is 1.03 bits per heavy atom. The molecule has 2 rings (SSSR count). The predicted octanol–water partition coefficient (Wildman–Crippen LogP) is 12.3. The summed E-state index contributed by atoms with van der Waals surface area (Å²) in [5, 5.41) is 13.6. The summed E-state index contributed by atoms with van der Waals surface area (Å²) >= 11 is 0. The maximum absolute atomic E-state index is 12.9. The van der Waals surface area contributed by atoms with Crippen LogP contribution in [0.25, 0.3) is 0 Å². The number of carbonyl (C=O) groups excluding carboxylic acids is 1. The van der Waals surface area contributed by atoms with Gasteiger partial charge in [-0.25, -0.2) is 0 Å². The molecule has 0 radical (unpaired) electrons. The summed E-state index contributed by atoms with van der Waals surface area (Å²) in [6.07, 6.45) is 38.7. The van der Waals surface area contributed by atoms with E-state index in [9.17, 15) is 19.5 Å². The number of unbranched alkanes of at least 4 members (excludes halogenated alkanes) is 24. The fourth-order valence-corrected chi connectivity index (χ4v) is 9.22. The number of ether oxygens (including phenoxy) is 2. The summed E-state index contributed by atoms with van der Waals surface area (Å²) < 4.78 is 11.8. The van der Waals surface area contributed by atoms with Crippen molar-refractivity contribution in [1.29, 1.82) is 0 Å². The fraction of sp³-hybridized carbons (Fsp3) is 0.907. The maximum Gasteiger partial charge on any atom is 0.306 e. The molecule has 1 atom stereocenters. The Hall–Kier alpha value is -2.01. The predicted molar refractivity (Wildman–Crippen MR) is 272 cm³/mol. The zero-order valence-corrected chi connectivity index (χ0v) is 42.4. The van der Waals surface area contributed by atoms with Crippen LogP contribution >= 0.6 is 0 Å². The first-order chi connectivity index (χ1) is 31.3. The molecule has 10 nitrogen and oxygen atoms in total. The summed E-state index contributed by atoms with van der Waals surface area (Å²) in [5.74, 6) is 0.00412. The van der Waals surface area contributed by atoms with Crippen LogP contribution in [-0.4, -0.2) is 99.3 Å². The molecule has 1 aromatic carbocycles. The molecule has 374 valence electrons. The van der Waals surface area contributed by atoms with Crippen LogP contribution in [0.5, 0.6) is 0 Å². The number of likely N-dealkylation sites (N-methyl/N-ethyl adjacent to an activating group) is 1. The molecular formula is C54H102N4O6. The van der Waals surface area contributed by atoms with Gasteiger partial charge < -0.3 is 34.6 Å². The molecule has 0 spiro atoms. The van der Waals surface area contributed by atoms with Crippen LogP contribution in [0.1, 0.15) is 239 Å². The zero-order valence-electron chi connectivity index (χ0n) is 42.4. The molecule has 1 heterocycles. The Morgan fingerprint density at radius 1 is 0.578 bits per heavy atom. The number of carbonyl (C=O) groups is 1. The standard InChI is InChI=1S/C54H102N4O6/c1-5-8-11-14-17-26-33-47-63-49(59)37-29-22-18-24-31-40-57(42-34-39-55-51-52(54(62)53(51)61)58-45-43-56(4)44-46-58)41-32-25-19-23-30-38-50(60)64-48(35-27-20-15-12-9-6-2)36-28-21-16-13-10-7-3/h48-49,55,59H,5-47H2,1-4H3. The van der Waals surface area contributed by atoms with E-state index in [1.165, 1.54) is 128 Å². The lowest BCUT2D eigenvalue weighted by Gasteiger charge is -2.35. The van der Waals surface area contributed by atoms with Gasteiger partial charge in [0.2, 0.25) is 0 Å². The Morgan fingerprint density at radius 3 is 1.58 bits per heavy atom. The van der Waals surface area contributed by atoms with Gasteiger partial charge in [0.1, 0.15) is 17.5 Å². The number of nitrogens with one attached hydrogen (secondary N) is 1. The Balaban J connectivity index is 1.71. The molecular weight excluding hydrogens is 801 g/mol. The molecule has 2 N–H and O–H groups in total. The molecule has 1 saturated heterocycles. The number of piperazine rings is 1. The van der Waals surface area contributed by atoms with Crippen LogP contribution in [0.15, 0.2) is 9.59 Å². The normalized spacial score (nSPS) is 14.1. The van der Waals surface area contributed by atoms with Crippen LogP contribution in [0.4, 0.5) is 11.4 Å². The third-order valence-electron chi connectivity index (χ3n) is 13.6. The molecule has 1 unspecified atom stereocenters. The Kier molecular flexibility index (Phi) is 36.4. The van der Waals surface area contributed by atoms with Crippen molar-refractivity contribution in [2.45, 2.75) is 251 Å². The lowest BCUT2D eigenvalue weighted by molar-refractivity contribution is -0.150. The molecule has 1 aliphatic rings. The summed E-state index contributed by atoms with van der Waals surface area (Å²) in [7, 11) is 2.09. The largest absolute Gasteiger partial charge is 0.462 e. The number of rotatable bonds is 46. The molecule has 1 fully saturated rings. The lowest BCUT2D eigenvalue weighted by atomic mass is 10.0. The van der Waals surface area contributed by atoms with Gasteiger partial charge >= 0.3 is 5.97 Å². The van der Waals surface area contributed by atoms with Gasteiger partial charge in [-0.15, -0.1) is 0 Å². The highest BCUT2D eigenvalue weighted by Crippen LogP contribution is 2.22. The molecule has 10 heteroatoms. The minimum Gasteiger partial charge on any atom is -0.462 e. The van der Waals surface area contributed by atoms with Crippen LogP contribution in [0, 0.1) is 0 Å². The third kappa shape index (κ3) is 28.9. The maximum atomic E-state index is 12.9. The van der Waals surface area contributed by atoms with Gasteiger partial charge in [-0.1, -0.05) is 162 Å². The van der Waals surface area contributed by atoms with Crippen molar-refractivity contribution in [1.82, 2.24) is 9.80 Å². The van der Waals surface area contributed by atoms with E-state index < -0.39 is 6.29 Å². The number of aliphatic hydroxyl groups excluding tert-OH is 1. The van der Waals surface area contributed by atoms with Crippen molar-refractivity contribution in [2.75, 3.05) is 76.2 Å². The van der Waals surface area contributed by atoms with Crippen molar-refractivity contribution in [3.8, 4) is 0 Å². The Labute approximate surface area is 393 Å². The zero-order chi connectivity index (χ0) is 46.3. The molecule has 1 aromatic rings. The van der Waals surface area contributed by atoms with Crippen molar-refractivity contribution in [3.05, 3.63) is 20.4 Å². The first-order valence-corrected chi connectivity index (χ1v) is 27.5. The minimum atomic E-state index is -0.633. The van der Waals surface area contributed by atoms with Crippen molar-refractivity contribution >= 4 is 17.3 Å². The van der Waals surface area contributed by atoms with Crippen LogP contribution in [0.2, 0.25) is 0 Å². The molecule has 0 bridgehead atoms. The van der Waals surface area contributed by atoms with Crippen molar-refractivity contribution in [2.24, 2.45) is 0 Å². The second-order valence-electron chi connectivity index (χ2n) is 19.5. The highest BCUT2D eigenvalue weighted by atomic mass is 16.6. The monoisotopic (exact) mass is 903 g/mol. The number of esters is 1. The van der Waals surface area contributed by atoms with Gasteiger partial charge in [0.25, 0.3) is 10.9 Å². The molecule has 0 saturated carbocycles. The number of hydrogen-bond acceptors (Lipinski definition) is 10. The number of hydrogen-bond donors (Lipinski definition) is 2. The van der Waals surface area contributed by atoms with Gasteiger partial charge in [0.15, 0.2) is 6.29 Å². The van der Waals surface area contributed by atoms with E-state index in [1.807, 2.05) is 0 Å². The second-order valence-corrected chi connectivity index (χ2v) is 19.5. The summed E-state index contributed by atoms with van der Waals surface area (Å²) in [6.45, 7) is 14.5. The SMILES string of the molecule is CCCCCCCCCOC(O)CCCCCCCN(CCCCCCCC(=O)OC(CCCCCCCC)CCCCCCCC)CCCNc1c(N2CCN(C)CC2)c(=O)c1=O. The number of aliphatic hydroxyl groups is 1. The van der Waals surface area contributed by atoms with E-state index in [2.05, 4.69) is 47.8 Å². The molecule has 1 aliphatic heterocycles. The smallest absolute Gasteiger partial charge is 0.306 e. The van der Waals surface area contributed by atoms with Crippen LogP contribution in [0.3, 0.4) is 0 Å².